The minimum absolute atomic E-state index is 0. The SMILES string of the molecule is CCl.CCl.C[Si](C)C.[C-]1=CC=CC1.[Hf]. The van der Waals surface area contributed by atoms with E-state index in [2.05, 4.69) is 55.0 Å². The van der Waals surface area contributed by atoms with E-state index in [1.807, 2.05) is 12.2 Å². The maximum atomic E-state index is 4.64. The normalized spacial score (nSPS) is 9.71. The van der Waals surface area contributed by atoms with E-state index < -0.39 is 0 Å². The van der Waals surface area contributed by atoms with Crippen molar-refractivity contribution in [2.24, 2.45) is 0 Å². The summed E-state index contributed by atoms with van der Waals surface area (Å²) in [5.74, 6) is 0. The molecule has 0 spiro atoms. The Morgan fingerprint density at radius 2 is 1.43 bits per heavy atom. The first-order valence-corrected chi connectivity index (χ1v) is 8.48. The van der Waals surface area contributed by atoms with Gasteiger partial charge in [0.25, 0.3) is 0 Å². The first-order chi connectivity index (χ1) is 6.23. The minimum Gasteiger partial charge on any atom is -0.273 e. The third kappa shape index (κ3) is 51.3. The van der Waals surface area contributed by atoms with Crippen molar-refractivity contribution >= 4 is 32.0 Å². The van der Waals surface area contributed by atoms with Gasteiger partial charge in [-0.3, -0.25) is 6.08 Å². The summed E-state index contributed by atoms with van der Waals surface area (Å²) in [6.45, 7) is 6.81. The van der Waals surface area contributed by atoms with Crippen LogP contribution in [0.3, 0.4) is 0 Å². The summed E-state index contributed by atoms with van der Waals surface area (Å²) in [7, 11) is 0.120. The Labute approximate surface area is 120 Å². The van der Waals surface area contributed by atoms with Crippen LogP contribution in [-0.4, -0.2) is 21.6 Å². The van der Waals surface area contributed by atoms with Crippen LogP contribution in [0.25, 0.3) is 0 Å². The number of hydrogen-bond acceptors (Lipinski definition) is 0. The molecule has 0 aromatic carbocycles. The number of halogens is 2. The van der Waals surface area contributed by atoms with Crippen LogP contribution >= 0.6 is 23.2 Å². The van der Waals surface area contributed by atoms with Crippen LogP contribution in [0.1, 0.15) is 6.42 Å². The van der Waals surface area contributed by atoms with Crippen molar-refractivity contribution in [3.63, 3.8) is 0 Å². The van der Waals surface area contributed by atoms with Crippen LogP contribution in [0.15, 0.2) is 18.2 Å². The molecule has 0 saturated carbocycles. The van der Waals surface area contributed by atoms with Gasteiger partial charge in [-0.1, -0.05) is 19.6 Å². The molecule has 0 nitrogen and oxygen atoms in total. The van der Waals surface area contributed by atoms with Gasteiger partial charge in [-0.25, -0.2) is 12.2 Å². The van der Waals surface area contributed by atoms with Gasteiger partial charge < -0.3 is 0 Å². The van der Waals surface area contributed by atoms with Crippen LogP contribution in [0.2, 0.25) is 19.6 Å². The van der Waals surface area contributed by atoms with Gasteiger partial charge in [0.2, 0.25) is 0 Å². The van der Waals surface area contributed by atoms with Crippen LogP contribution in [-0.2, 0) is 25.8 Å². The van der Waals surface area contributed by atoms with Crippen molar-refractivity contribution in [2.75, 3.05) is 12.8 Å². The molecule has 0 unspecified atom stereocenters. The molecule has 83 valence electrons. The summed E-state index contributed by atoms with van der Waals surface area (Å²) >= 11 is 9.28. The molecule has 1 aliphatic rings. The van der Waals surface area contributed by atoms with E-state index >= 15 is 0 Å². The molecule has 0 bridgehead atoms. The summed E-state index contributed by atoms with van der Waals surface area (Å²) in [5, 5.41) is 0. The first kappa shape index (κ1) is 24.4. The second kappa shape index (κ2) is 29.2. The fourth-order valence-electron chi connectivity index (χ4n) is 0.340. The van der Waals surface area contributed by atoms with E-state index in [1.165, 1.54) is 12.8 Å². The van der Waals surface area contributed by atoms with Gasteiger partial charge >= 0.3 is 0 Å². The molecule has 1 radical (unpaired) electrons. The summed E-state index contributed by atoms with van der Waals surface area (Å²) in [6, 6.07) is 0. The van der Waals surface area contributed by atoms with Gasteiger partial charge in [-0.2, -0.15) is 6.08 Å². The van der Waals surface area contributed by atoms with Crippen LogP contribution in [0, 0.1) is 6.08 Å². The van der Waals surface area contributed by atoms with E-state index in [0.717, 1.165) is 6.42 Å². The largest absolute Gasteiger partial charge is 0.273 e. The van der Waals surface area contributed by atoms with Gasteiger partial charge in [-0.15, -0.1) is 29.6 Å². The molecule has 0 atom stereocenters. The maximum Gasteiger partial charge on any atom is 0.0379 e. The van der Waals surface area contributed by atoms with E-state index in [9.17, 15) is 0 Å². The van der Waals surface area contributed by atoms with E-state index in [1.54, 1.807) is 0 Å². The molecule has 0 aliphatic heterocycles. The van der Waals surface area contributed by atoms with Gasteiger partial charge in [0, 0.05) is 47.4 Å². The summed E-state index contributed by atoms with van der Waals surface area (Å²) in [4.78, 5) is 0. The first-order valence-electron chi connectivity index (χ1n) is 3.97. The third-order valence-electron chi connectivity index (χ3n) is 0.586. The second-order valence-corrected chi connectivity index (χ2v) is 5.50. The standard InChI is InChI=1S/C5H5.C3H9Si.2CH3Cl.Hf/c1-2-4-5-3-1;1-4(2)3;2*1-2;/h1-3H,4H2;1-3H3;2*1H3;/q-1;;;;. The number of allylic oxidation sites excluding steroid dienone is 4. The molecule has 0 aromatic heterocycles. The molecule has 1 rings (SSSR count). The van der Waals surface area contributed by atoms with Crippen molar-refractivity contribution in [3.8, 4) is 0 Å². The fourth-order valence-corrected chi connectivity index (χ4v) is 0.340. The van der Waals surface area contributed by atoms with Crippen molar-refractivity contribution in [1.82, 2.24) is 0 Å². The molecule has 0 amide bonds. The summed E-state index contributed by atoms with van der Waals surface area (Å²) < 4.78 is 0. The quantitative estimate of drug-likeness (QED) is 0.312. The zero-order valence-corrected chi connectivity index (χ0v) is 15.8. The molecular weight excluding hydrogens is 398 g/mol. The maximum absolute atomic E-state index is 4.64. The van der Waals surface area contributed by atoms with Gasteiger partial charge in [-0.05, 0) is 0 Å². The predicted octanol–water partition coefficient (Wildman–Crippen LogP) is 4.38. The molecule has 0 aromatic rings. The Morgan fingerprint density at radius 1 is 1.07 bits per heavy atom. The Bertz CT molecular complexity index is 102. The molecular formula is C10H20Cl2HfSi-. The number of hydrogen-bond donors (Lipinski definition) is 0. The molecule has 0 heterocycles. The van der Waals surface area contributed by atoms with Crippen molar-refractivity contribution in [2.45, 2.75) is 26.1 Å². The summed E-state index contributed by atoms with van der Waals surface area (Å²) in [5.41, 5.74) is 0. The zero-order chi connectivity index (χ0) is 11.1. The topological polar surface area (TPSA) is 0 Å². The predicted molar refractivity (Wildman–Crippen MR) is 68.5 cm³/mol. The number of rotatable bonds is 0. The van der Waals surface area contributed by atoms with E-state index in [4.69, 9.17) is 0 Å². The minimum atomic E-state index is 0. The molecule has 0 N–H and O–H groups in total. The number of alkyl halides is 2. The smallest absolute Gasteiger partial charge is 0.0379 e. The Hall–Kier alpha value is 1.15. The molecule has 14 heavy (non-hydrogen) atoms. The fraction of sp³-hybridized carbons (Fsp3) is 0.600. The van der Waals surface area contributed by atoms with E-state index in [-0.39, 0.29) is 34.6 Å². The molecule has 1 aliphatic carbocycles. The van der Waals surface area contributed by atoms with Crippen LogP contribution in [0.5, 0.6) is 0 Å². The Balaban J connectivity index is -0.0000000511. The van der Waals surface area contributed by atoms with Gasteiger partial charge in [0.05, 0.1) is 0 Å². The van der Waals surface area contributed by atoms with Gasteiger partial charge in [0.1, 0.15) is 0 Å². The van der Waals surface area contributed by atoms with Crippen molar-refractivity contribution in [3.05, 3.63) is 24.3 Å². The average molecular weight is 418 g/mol. The van der Waals surface area contributed by atoms with Crippen LogP contribution < -0.4 is 0 Å². The van der Waals surface area contributed by atoms with Crippen LogP contribution in [0.4, 0.5) is 0 Å². The zero-order valence-electron chi connectivity index (χ0n) is 9.70. The average Bonchev–Trinajstić information content (AvgIpc) is 2.67. The Kier molecular flexibility index (Phi) is 50.9. The summed E-state index contributed by atoms with van der Waals surface area (Å²) in [6.07, 6.45) is 12.9. The van der Waals surface area contributed by atoms with Crippen molar-refractivity contribution in [1.29, 1.82) is 0 Å². The third-order valence-corrected chi connectivity index (χ3v) is 0.586. The van der Waals surface area contributed by atoms with Gasteiger partial charge in [0.15, 0.2) is 0 Å². The molecule has 0 saturated heterocycles. The second-order valence-electron chi connectivity index (χ2n) is 2.50. The molecule has 0 fully saturated rings. The molecule has 4 heteroatoms. The van der Waals surface area contributed by atoms with E-state index in [0.29, 0.717) is 0 Å². The monoisotopic (exact) mass is 418 g/mol. The van der Waals surface area contributed by atoms with Crippen molar-refractivity contribution < 1.29 is 25.8 Å². The Morgan fingerprint density at radius 3 is 1.50 bits per heavy atom.